The maximum atomic E-state index is 12.4. The first-order valence-electron chi connectivity index (χ1n) is 7.44. The van der Waals surface area contributed by atoms with E-state index in [-0.39, 0.29) is 5.91 Å². The number of carbonyl (C=O) groups is 1. The van der Waals surface area contributed by atoms with Gasteiger partial charge in [0.2, 0.25) is 0 Å². The Hall–Kier alpha value is -1.82. The van der Waals surface area contributed by atoms with Crippen LogP contribution in [0.1, 0.15) is 10.4 Å². The van der Waals surface area contributed by atoms with E-state index in [1.54, 1.807) is 42.2 Å². The first-order chi connectivity index (χ1) is 12.1. The van der Waals surface area contributed by atoms with Crippen molar-refractivity contribution < 1.29 is 4.79 Å². The molecule has 0 aliphatic rings. The van der Waals surface area contributed by atoms with Crippen molar-refractivity contribution in [2.45, 2.75) is 4.90 Å². The zero-order chi connectivity index (χ0) is 17.8. The van der Waals surface area contributed by atoms with Gasteiger partial charge in [-0.3, -0.25) is 9.78 Å². The number of carbonyl (C=O) groups excluding carboxylic acids is 1. The normalized spacial score (nSPS) is 10.5. The van der Waals surface area contributed by atoms with Gasteiger partial charge in [0, 0.05) is 26.8 Å². The number of rotatable bonds is 4. The van der Waals surface area contributed by atoms with Crippen LogP contribution in [0.5, 0.6) is 0 Å². The van der Waals surface area contributed by atoms with Gasteiger partial charge in [-0.15, -0.1) is 11.8 Å². The predicted molar refractivity (Wildman–Crippen MR) is 109 cm³/mol. The monoisotopic (exact) mass is 432 g/mol. The van der Waals surface area contributed by atoms with Crippen LogP contribution in [0.15, 0.2) is 70.2 Å². The van der Waals surface area contributed by atoms with Crippen molar-refractivity contribution in [1.29, 1.82) is 0 Å². The number of thioether (sulfide) groups is 1. The summed E-state index contributed by atoms with van der Waals surface area (Å²) < 4.78 is 0.783. The van der Waals surface area contributed by atoms with E-state index in [1.807, 2.05) is 30.5 Å². The Bertz CT molecular complexity index is 916. The molecule has 3 rings (SSSR count). The van der Waals surface area contributed by atoms with Gasteiger partial charge < -0.3 is 5.32 Å². The van der Waals surface area contributed by atoms with Crippen LogP contribution in [0.3, 0.4) is 0 Å². The van der Waals surface area contributed by atoms with E-state index in [0.29, 0.717) is 16.3 Å². The number of amides is 1. The molecule has 0 radical (unpaired) electrons. The van der Waals surface area contributed by atoms with Crippen LogP contribution in [0.4, 0.5) is 5.69 Å². The van der Waals surface area contributed by atoms with Gasteiger partial charge in [0.25, 0.3) is 5.91 Å². The highest BCUT2D eigenvalue weighted by molar-refractivity contribution is 9.10. The maximum absolute atomic E-state index is 12.4. The van der Waals surface area contributed by atoms with Crippen LogP contribution >= 0.6 is 39.3 Å². The number of hydrogen-bond donors (Lipinski definition) is 1. The van der Waals surface area contributed by atoms with Crippen LogP contribution in [0.25, 0.3) is 11.3 Å². The molecule has 3 aromatic rings. The topological polar surface area (TPSA) is 42.0 Å². The number of nitrogens with one attached hydrogen (secondary N) is 1. The van der Waals surface area contributed by atoms with Gasteiger partial charge in [-0.25, -0.2) is 0 Å². The van der Waals surface area contributed by atoms with E-state index >= 15 is 0 Å². The second-order valence-corrected chi connectivity index (χ2v) is 7.33. The minimum Gasteiger partial charge on any atom is -0.322 e. The quantitative estimate of drug-likeness (QED) is 0.503. The Kier molecular flexibility index (Phi) is 5.78. The Balaban J connectivity index is 1.79. The summed E-state index contributed by atoms with van der Waals surface area (Å²) in [4.78, 5) is 18.0. The summed E-state index contributed by atoms with van der Waals surface area (Å²) in [6.07, 6.45) is 3.62. The van der Waals surface area contributed by atoms with Gasteiger partial charge in [0.15, 0.2) is 0 Å². The molecule has 0 spiro atoms. The van der Waals surface area contributed by atoms with E-state index in [2.05, 4.69) is 32.3 Å². The summed E-state index contributed by atoms with van der Waals surface area (Å²) in [7, 11) is 0. The van der Waals surface area contributed by atoms with Crippen LogP contribution < -0.4 is 5.32 Å². The van der Waals surface area contributed by atoms with Gasteiger partial charge in [-0.2, -0.15) is 0 Å². The summed E-state index contributed by atoms with van der Waals surface area (Å²) in [5.41, 5.74) is 3.02. The third-order valence-corrected chi connectivity index (χ3v) is 5.61. The van der Waals surface area contributed by atoms with E-state index < -0.39 is 0 Å². The van der Waals surface area contributed by atoms with Crippen molar-refractivity contribution in [2.24, 2.45) is 0 Å². The highest BCUT2D eigenvalue weighted by atomic mass is 79.9. The molecule has 0 saturated carbocycles. The molecule has 0 aliphatic carbocycles. The zero-order valence-corrected chi connectivity index (χ0v) is 16.5. The first-order valence-corrected chi connectivity index (χ1v) is 9.84. The fraction of sp³-hybridized carbons (Fsp3) is 0.0526. The number of halogens is 2. The maximum Gasteiger partial charge on any atom is 0.257 e. The smallest absolute Gasteiger partial charge is 0.257 e. The molecule has 1 amide bonds. The van der Waals surface area contributed by atoms with Crippen LogP contribution in [-0.2, 0) is 0 Å². The Morgan fingerprint density at radius 1 is 1.16 bits per heavy atom. The molecule has 0 saturated heterocycles. The van der Waals surface area contributed by atoms with E-state index in [4.69, 9.17) is 11.6 Å². The lowest BCUT2D eigenvalue weighted by Gasteiger charge is -2.09. The average Bonchev–Trinajstić information content (AvgIpc) is 2.65. The summed E-state index contributed by atoms with van der Waals surface area (Å²) >= 11 is 11.0. The lowest BCUT2D eigenvalue weighted by atomic mass is 10.1. The standard InChI is InChI=1S/C19H14BrClN2OS/c1-25-18-5-3-2-4-14(18)17-9-6-12(11-22-17)19(24)23-13-7-8-15(20)16(21)10-13/h2-11H,1H3,(H,23,24). The third kappa shape index (κ3) is 4.24. The number of anilines is 1. The number of pyridine rings is 1. The molecule has 0 aliphatic heterocycles. The minimum atomic E-state index is -0.226. The van der Waals surface area contributed by atoms with Crippen molar-refractivity contribution in [3.63, 3.8) is 0 Å². The number of hydrogen-bond acceptors (Lipinski definition) is 3. The van der Waals surface area contributed by atoms with E-state index in [0.717, 1.165) is 20.6 Å². The molecule has 25 heavy (non-hydrogen) atoms. The highest BCUT2D eigenvalue weighted by Crippen LogP contribution is 2.29. The van der Waals surface area contributed by atoms with Crippen LogP contribution in [-0.4, -0.2) is 17.1 Å². The summed E-state index contributed by atoms with van der Waals surface area (Å²) in [5, 5.41) is 3.36. The summed E-state index contributed by atoms with van der Waals surface area (Å²) in [6.45, 7) is 0. The average molecular weight is 434 g/mol. The molecular weight excluding hydrogens is 420 g/mol. The molecule has 6 heteroatoms. The SMILES string of the molecule is CSc1ccccc1-c1ccc(C(=O)Nc2ccc(Br)c(Cl)c2)cn1. The molecule has 1 heterocycles. The second-order valence-electron chi connectivity index (χ2n) is 5.22. The molecular formula is C19H14BrClN2OS. The van der Waals surface area contributed by atoms with Gasteiger partial charge in [0.05, 0.1) is 16.3 Å². The molecule has 0 atom stereocenters. The van der Waals surface area contributed by atoms with Gasteiger partial charge in [-0.05, 0) is 58.6 Å². The van der Waals surface area contributed by atoms with Gasteiger partial charge in [-0.1, -0.05) is 29.8 Å². The molecule has 0 unspecified atom stereocenters. The first kappa shape index (κ1) is 18.0. The van der Waals surface area contributed by atoms with Gasteiger partial charge in [0.1, 0.15) is 0 Å². The summed E-state index contributed by atoms with van der Waals surface area (Å²) in [6, 6.07) is 17.0. The lowest BCUT2D eigenvalue weighted by Crippen LogP contribution is -2.12. The Morgan fingerprint density at radius 2 is 1.96 bits per heavy atom. The number of benzene rings is 2. The molecule has 1 aromatic heterocycles. The fourth-order valence-electron chi connectivity index (χ4n) is 2.32. The Morgan fingerprint density at radius 3 is 2.64 bits per heavy atom. The summed E-state index contributed by atoms with van der Waals surface area (Å²) in [5.74, 6) is -0.226. The number of nitrogens with zero attached hydrogens (tertiary/aromatic N) is 1. The highest BCUT2D eigenvalue weighted by Gasteiger charge is 2.10. The van der Waals surface area contributed by atoms with E-state index in [1.165, 1.54) is 0 Å². The van der Waals surface area contributed by atoms with Crippen molar-refractivity contribution in [2.75, 3.05) is 11.6 Å². The minimum absolute atomic E-state index is 0.226. The predicted octanol–water partition coefficient (Wildman–Crippen LogP) is 6.14. The molecule has 3 nitrogen and oxygen atoms in total. The number of aromatic nitrogens is 1. The van der Waals surface area contributed by atoms with Gasteiger partial charge >= 0.3 is 0 Å². The Labute approximate surface area is 164 Å². The fourth-order valence-corrected chi connectivity index (χ4v) is 3.36. The van der Waals surface area contributed by atoms with Crippen molar-refractivity contribution in [1.82, 2.24) is 4.98 Å². The molecule has 126 valence electrons. The van der Waals surface area contributed by atoms with Crippen molar-refractivity contribution in [3.05, 3.63) is 75.9 Å². The second kappa shape index (κ2) is 8.04. The molecule has 1 N–H and O–H groups in total. The van der Waals surface area contributed by atoms with Crippen LogP contribution in [0, 0.1) is 0 Å². The van der Waals surface area contributed by atoms with Crippen LogP contribution in [0.2, 0.25) is 5.02 Å². The molecule has 2 aromatic carbocycles. The third-order valence-electron chi connectivity index (χ3n) is 3.59. The zero-order valence-electron chi connectivity index (χ0n) is 13.3. The molecule has 0 fully saturated rings. The van der Waals surface area contributed by atoms with Crippen molar-refractivity contribution >= 4 is 50.9 Å². The van der Waals surface area contributed by atoms with Crippen molar-refractivity contribution in [3.8, 4) is 11.3 Å². The van der Waals surface area contributed by atoms with E-state index in [9.17, 15) is 4.79 Å². The molecule has 0 bridgehead atoms. The lowest BCUT2D eigenvalue weighted by molar-refractivity contribution is 0.102. The largest absolute Gasteiger partial charge is 0.322 e.